The van der Waals surface area contributed by atoms with Crippen molar-refractivity contribution in [3.8, 4) is 5.69 Å². The molecule has 0 aliphatic rings. The molecule has 0 saturated heterocycles. The second kappa shape index (κ2) is 8.04. The summed E-state index contributed by atoms with van der Waals surface area (Å²) in [4.78, 5) is 17.4. The normalized spacial score (nSPS) is 10.5. The molecule has 1 amide bonds. The summed E-state index contributed by atoms with van der Waals surface area (Å²) >= 11 is 7.68. The summed E-state index contributed by atoms with van der Waals surface area (Å²) in [5.74, 6) is -0.181. The summed E-state index contributed by atoms with van der Waals surface area (Å²) in [5.41, 5.74) is 2.19. The number of thioether (sulfide) groups is 1. The highest BCUT2D eigenvalue weighted by molar-refractivity contribution is 7.98. The van der Waals surface area contributed by atoms with E-state index in [9.17, 15) is 4.79 Å². The lowest BCUT2D eigenvalue weighted by atomic mass is 10.2. The molecule has 3 aromatic rings. The lowest BCUT2D eigenvalue weighted by Crippen LogP contribution is -2.22. The summed E-state index contributed by atoms with van der Waals surface area (Å²) in [6.07, 6.45) is 4.99. The first-order valence-electron chi connectivity index (χ1n) is 7.48. The largest absolute Gasteiger partial charge is 0.375 e. The molecular formula is C17H16ClN5OS. The van der Waals surface area contributed by atoms with Gasteiger partial charge in [0, 0.05) is 15.6 Å². The van der Waals surface area contributed by atoms with Crippen LogP contribution in [0.25, 0.3) is 5.69 Å². The van der Waals surface area contributed by atoms with Crippen molar-refractivity contribution in [2.75, 3.05) is 23.4 Å². The van der Waals surface area contributed by atoms with Crippen LogP contribution in [0.1, 0.15) is 0 Å². The van der Waals surface area contributed by atoms with Crippen molar-refractivity contribution < 1.29 is 4.79 Å². The van der Waals surface area contributed by atoms with E-state index in [1.165, 1.54) is 6.33 Å². The number of carbonyl (C=O) groups is 1. The van der Waals surface area contributed by atoms with Crippen molar-refractivity contribution in [3.63, 3.8) is 0 Å². The molecule has 1 heterocycles. The van der Waals surface area contributed by atoms with Gasteiger partial charge in [-0.3, -0.25) is 4.79 Å². The fraction of sp³-hybridized carbons (Fsp3) is 0.118. The number of nitrogens with zero attached hydrogens (tertiary/aromatic N) is 3. The average molecular weight is 374 g/mol. The van der Waals surface area contributed by atoms with Crippen molar-refractivity contribution in [3.05, 3.63) is 60.1 Å². The van der Waals surface area contributed by atoms with Gasteiger partial charge in [0.15, 0.2) is 0 Å². The van der Waals surface area contributed by atoms with E-state index in [-0.39, 0.29) is 12.5 Å². The number of nitrogens with one attached hydrogen (secondary N) is 2. The van der Waals surface area contributed by atoms with Gasteiger partial charge in [0.2, 0.25) is 5.91 Å². The zero-order valence-corrected chi connectivity index (χ0v) is 15.0. The highest BCUT2D eigenvalue weighted by Gasteiger charge is 2.10. The molecule has 128 valence electrons. The Kier molecular flexibility index (Phi) is 5.57. The van der Waals surface area contributed by atoms with E-state index in [1.54, 1.807) is 41.0 Å². The molecule has 0 unspecified atom stereocenters. The summed E-state index contributed by atoms with van der Waals surface area (Å²) in [6.45, 7) is 0.140. The van der Waals surface area contributed by atoms with Crippen LogP contribution in [0.5, 0.6) is 0 Å². The molecule has 3 rings (SSSR count). The SMILES string of the molecule is CSc1ccccc1NCC(=O)Nc1cc(Cl)ccc1-n1cncn1. The van der Waals surface area contributed by atoms with Crippen LogP contribution in [0, 0.1) is 0 Å². The number of anilines is 2. The van der Waals surface area contributed by atoms with E-state index >= 15 is 0 Å². The third-order valence-electron chi connectivity index (χ3n) is 3.44. The minimum atomic E-state index is -0.181. The lowest BCUT2D eigenvalue weighted by Gasteiger charge is -2.13. The monoisotopic (exact) mass is 373 g/mol. The molecule has 0 fully saturated rings. The molecule has 0 radical (unpaired) electrons. The van der Waals surface area contributed by atoms with E-state index < -0.39 is 0 Å². The standard InChI is InChI=1S/C17H16ClN5OS/c1-25-16-5-3-2-4-13(16)20-9-17(24)22-14-8-12(18)6-7-15(14)23-11-19-10-21-23/h2-8,10-11,20H,9H2,1H3,(H,22,24). The summed E-state index contributed by atoms with van der Waals surface area (Å²) in [7, 11) is 0. The smallest absolute Gasteiger partial charge is 0.243 e. The summed E-state index contributed by atoms with van der Waals surface area (Å²) in [5, 5.41) is 10.6. The molecule has 25 heavy (non-hydrogen) atoms. The minimum absolute atomic E-state index is 0.140. The van der Waals surface area contributed by atoms with Gasteiger partial charge in [0.1, 0.15) is 12.7 Å². The minimum Gasteiger partial charge on any atom is -0.375 e. The number of halogens is 1. The summed E-state index contributed by atoms with van der Waals surface area (Å²) < 4.78 is 1.57. The van der Waals surface area contributed by atoms with Gasteiger partial charge < -0.3 is 10.6 Å². The van der Waals surface area contributed by atoms with Crippen molar-refractivity contribution >= 4 is 40.6 Å². The number of carbonyl (C=O) groups excluding carboxylic acids is 1. The zero-order valence-electron chi connectivity index (χ0n) is 13.4. The Bertz CT molecular complexity index is 869. The highest BCUT2D eigenvalue weighted by Crippen LogP contribution is 2.25. The van der Waals surface area contributed by atoms with Crippen LogP contribution < -0.4 is 10.6 Å². The number of hydrogen-bond acceptors (Lipinski definition) is 5. The van der Waals surface area contributed by atoms with Gasteiger partial charge in [0.25, 0.3) is 0 Å². The Labute approximate surface area is 154 Å². The van der Waals surface area contributed by atoms with Gasteiger partial charge in [-0.2, -0.15) is 5.10 Å². The van der Waals surface area contributed by atoms with Gasteiger partial charge in [-0.05, 0) is 36.6 Å². The number of benzene rings is 2. The third-order valence-corrected chi connectivity index (χ3v) is 4.48. The Morgan fingerprint density at radius 1 is 1.24 bits per heavy atom. The van der Waals surface area contributed by atoms with Crippen LogP contribution in [0.3, 0.4) is 0 Å². The third kappa shape index (κ3) is 4.32. The molecule has 0 aliphatic heterocycles. The maximum atomic E-state index is 12.3. The first-order chi connectivity index (χ1) is 12.2. The highest BCUT2D eigenvalue weighted by atomic mass is 35.5. The Hall–Kier alpha value is -2.51. The van der Waals surface area contributed by atoms with E-state index in [0.717, 1.165) is 10.6 Å². The number of rotatable bonds is 6. The maximum absolute atomic E-state index is 12.3. The molecule has 6 nitrogen and oxygen atoms in total. The first kappa shape index (κ1) is 17.3. The van der Waals surface area contributed by atoms with Crippen LogP contribution in [0.2, 0.25) is 5.02 Å². The van der Waals surface area contributed by atoms with Gasteiger partial charge in [-0.25, -0.2) is 9.67 Å². The van der Waals surface area contributed by atoms with Gasteiger partial charge in [0.05, 0.1) is 17.9 Å². The molecule has 2 N–H and O–H groups in total. The molecule has 0 spiro atoms. The number of para-hydroxylation sites is 1. The number of amides is 1. The summed E-state index contributed by atoms with van der Waals surface area (Å²) in [6, 6.07) is 13.0. The van der Waals surface area contributed by atoms with Gasteiger partial charge >= 0.3 is 0 Å². The topological polar surface area (TPSA) is 71.8 Å². The molecule has 0 saturated carbocycles. The Morgan fingerprint density at radius 3 is 2.84 bits per heavy atom. The molecule has 2 aromatic carbocycles. The van der Waals surface area contributed by atoms with E-state index in [4.69, 9.17) is 11.6 Å². The molecule has 0 aliphatic carbocycles. The fourth-order valence-corrected chi connectivity index (χ4v) is 3.05. The maximum Gasteiger partial charge on any atom is 0.243 e. The van der Waals surface area contributed by atoms with E-state index in [2.05, 4.69) is 20.7 Å². The van der Waals surface area contributed by atoms with Crippen LogP contribution in [-0.4, -0.2) is 33.5 Å². The van der Waals surface area contributed by atoms with Gasteiger partial charge in [-0.15, -0.1) is 11.8 Å². The van der Waals surface area contributed by atoms with Crippen molar-refractivity contribution in [1.29, 1.82) is 0 Å². The fourth-order valence-electron chi connectivity index (χ4n) is 2.30. The molecule has 1 aromatic heterocycles. The van der Waals surface area contributed by atoms with Crippen molar-refractivity contribution in [2.24, 2.45) is 0 Å². The second-order valence-electron chi connectivity index (χ2n) is 5.10. The lowest BCUT2D eigenvalue weighted by molar-refractivity contribution is -0.114. The van der Waals surface area contributed by atoms with Crippen molar-refractivity contribution in [1.82, 2.24) is 14.8 Å². The van der Waals surface area contributed by atoms with Crippen molar-refractivity contribution in [2.45, 2.75) is 4.90 Å². The molecule has 0 atom stereocenters. The van der Waals surface area contributed by atoms with E-state index in [0.29, 0.717) is 16.4 Å². The van der Waals surface area contributed by atoms with E-state index in [1.807, 2.05) is 30.5 Å². The molecular weight excluding hydrogens is 358 g/mol. The second-order valence-corrected chi connectivity index (χ2v) is 6.39. The first-order valence-corrected chi connectivity index (χ1v) is 9.09. The molecule has 0 bridgehead atoms. The van der Waals surface area contributed by atoms with Crippen LogP contribution in [-0.2, 0) is 4.79 Å². The zero-order chi connectivity index (χ0) is 17.6. The quantitative estimate of drug-likeness (QED) is 0.645. The molecule has 8 heteroatoms. The Balaban J connectivity index is 1.72. The predicted molar refractivity (Wildman–Crippen MR) is 102 cm³/mol. The Morgan fingerprint density at radius 2 is 2.08 bits per heavy atom. The van der Waals surface area contributed by atoms with Crippen LogP contribution in [0.15, 0.2) is 60.0 Å². The number of hydrogen-bond donors (Lipinski definition) is 2. The number of aromatic nitrogens is 3. The van der Waals surface area contributed by atoms with Crippen LogP contribution in [0.4, 0.5) is 11.4 Å². The van der Waals surface area contributed by atoms with Gasteiger partial charge in [-0.1, -0.05) is 23.7 Å². The van der Waals surface area contributed by atoms with Crippen LogP contribution >= 0.6 is 23.4 Å². The average Bonchev–Trinajstić information content (AvgIpc) is 3.14. The predicted octanol–water partition coefficient (Wildman–Crippen LogP) is 3.69.